The minimum Gasteiger partial charge on any atom is -0.744 e. The van der Waals surface area contributed by atoms with Crippen molar-refractivity contribution in [3.8, 4) is 17.2 Å². The molecule has 0 unspecified atom stereocenters. The first kappa shape index (κ1) is 23.8. The second-order valence-electron chi connectivity index (χ2n) is 7.09. The van der Waals surface area contributed by atoms with Crippen LogP contribution in [0.2, 0.25) is 0 Å². The quantitative estimate of drug-likeness (QED) is 0.350. The van der Waals surface area contributed by atoms with Crippen LogP contribution in [0.15, 0.2) is 83.8 Å². The van der Waals surface area contributed by atoms with Crippen LogP contribution in [0.3, 0.4) is 0 Å². The van der Waals surface area contributed by atoms with Crippen molar-refractivity contribution in [3.63, 3.8) is 0 Å². The van der Waals surface area contributed by atoms with Crippen molar-refractivity contribution in [1.82, 2.24) is 0 Å². The zero-order valence-electron chi connectivity index (χ0n) is 18.0. The second-order valence-corrected chi connectivity index (χ2v) is 8.47. The van der Waals surface area contributed by atoms with Gasteiger partial charge in [-0.15, -0.1) is 0 Å². The fraction of sp³-hybridized carbons (Fsp3) is 0.0800. The first-order valence-electron chi connectivity index (χ1n) is 9.87. The van der Waals surface area contributed by atoms with Crippen LogP contribution in [-0.2, 0) is 17.2 Å². The van der Waals surface area contributed by atoms with Crippen molar-refractivity contribution < 1.29 is 32.5 Å². The number of phenols is 2. The summed E-state index contributed by atoms with van der Waals surface area (Å²) in [4.78, 5) is -0.338. The molecule has 2 N–H and O–H groups in total. The molecule has 0 saturated heterocycles. The Morgan fingerprint density at radius 3 is 2.27 bits per heavy atom. The van der Waals surface area contributed by atoms with Crippen LogP contribution in [0.1, 0.15) is 11.3 Å². The lowest BCUT2D eigenvalue weighted by Crippen LogP contribution is -2.32. The van der Waals surface area contributed by atoms with Gasteiger partial charge in [-0.25, -0.2) is 8.42 Å². The molecule has 0 atom stereocenters. The highest BCUT2D eigenvalue weighted by Crippen LogP contribution is 2.27. The largest absolute Gasteiger partial charge is 0.744 e. The maximum absolute atomic E-state index is 10.3. The monoisotopic (exact) mass is 465 g/mol. The molecule has 0 aliphatic carbocycles. The zero-order valence-corrected chi connectivity index (χ0v) is 18.9. The van der Waals surface area contributed by atoms with E-state index in [0.29, 0.717) is 5.75 Å². The number of hydrogen-bond acceptors (Lipinski definition) is 6. The van der Waals surface area contributed by atoms with Crippen molar-refractivity contribution in [2.45, 2.75) is 4.90 Å². The lowest BCUT2D eigenvalue weighted by Gasteiger charge is -2.05. The highest BCUT2D eigenvalue weighted by molar-refractivity contribution is 7.85. The third-order valence-corrected chi connectivity index (χ3v) is 5.74. The van der Waals surface area contributed by atoms with Gasteiger partial charge in [-0.1, -0.05) is 18.2 Å². The number of aryl methyl sites for hydroxylation is 1. The molecule has 8 heteroatoms. The topological polar surface area (TPSA) is 111 Å². The average molecular weight is 466 g/mol. The first-order chi connectivity index (χ1) is 15.7. The third kappa shape index (κ3) is 6.09. The van der Waals surface area contributed by atoms with Crippen molar-refractivity contribution in [2.75, 3.05) is 7.11 Å². The molecular weight excluding hydrogens is 442 g/mol. The van der Waals surface area contributed by atoms with Crippen LogP contribution in [0.5, 0.6) is 17.2 Å². The number of pyridine rings is 1. The van der Waals surface area contributed by atoms with Gasteiger partial charge in [-0.05, 0) is 60.2 Å². The number of benzene rings is 3. The highest BCUT2D eigenvalue weighted by atomic mass is 32.2. The standard InChI is InChI=1S/C19H17NO2.C6H6O4S/c1-20-16(11-9-15-5-3-4-6-17(15)20)10-7-14-8-12-18(21)19(13-14)22-2;7-5-1-3-6(4-2-5)11(8,9)10/h3-13H,1-2H3;1-4,7H,(H,8,9,10). The number of fused-ring (bicyclic) bond motifs is 1. The number of rotatable bonds is 4. The minimum atomic E-state index is -4.38. The number of aromatic hydroxyl groups is 2. The molecule has 0 amide bonds. The second kappa shape index (κ2) is 10.2. The summed E-state index contributed by atoms with van der Waals surface area (Å²) in [7, 11) is -0.778. The van der Waals surface area contributed by atoms with Gasteiger partial charge in [-0.2, -0.15) is 4.57 Å². The van der Waals surface area contributed by atoms with Gasteiger partial charge in [0.05, 0.1) is 12.0 Å². The first-order valence-corrected chi connectivity index (χ1v) is 11.3. The molecule has 0 bridgehead atoms. The van der Waals surface area contributed by atoms with Gasteiger partial charge < -0.3 is 19.5 Å². The molecule has 0 spiro atoms. The molecule has 3 aromatic carbocycles. The van der Waals surface area contributed by atoms with Crippen LogP contribution in [0, 0.1) is 0 Å². The average Bonchev–Trinajstić information content (AvgIpc) is 2.80. The van der Waals surface area contributed by atoms with Crippen molar-refractivity contribution >= 4 is 33.2 Å². The molecule has 33 heavy (non-hydrogen) atoms. The van der Waals surface area contributed by atoms with Crippen molar-refractivity contribution in [2.24, 2.45) is 7.05 Å². The number of methoxy groups -OCH3 is 1. The van der Waals surface area contributed by atoms with Crippen LogP contribution >= 0.6 is 0 Å². The minimum absolute atomic E-state index is 0.0719. The summed E-state index contributed by atoms with van der Waals surface area (Å²) >= 11 is 0. The summed E-state index contributed by atoms with van der Waals surface area (Å²) in [5.74, 6) is 0.554. The zero-order chi connectivity index (χ0) is 24.0. The Labute approximate surface area is 192 Å². The van der Waals surface area contributed by atoms with E-state index in [0.717, 1.165) is 35.5 Å². The van der Waals surface area contributed by atoms with E-state index in [9.17, 15) is 18.1 Å². The van der Waals surface area contributed by atoms with E-state index in [-0.39, 0.29) is 16.4 Å². The smallest absolute Gasteiger partial charge is 0.212 e. The van der Waals surface area contributed by atoms with E-state index in [2.05, 4.69) is 42.0 Å². The fourth-order valence-corrected chi connectivity index (χ4v) is 3.59. The third-order valence-electron chi connectivity index (χ3n) is 4.89. The summed E-state index contributed by atoms with van der Waals surface area (Å²) in [5.41, 5.74) is 3.27. The van der Waals surface area contributed by atoms with Gasteiger partial charge >= 0.3 is 0 Å². The highest BCUT2D eigenvalue weighted by Gasteiger charge is 2.08. The predicted molar refractivity (Wildman–Crippen MR) is 125 cm³/mol. The molecule has 0 aliphatic heterocycles. The number of aromatic nitrogens is 1. The Bertz CT molecular complexity index is 1400. The van der Waals surface area contributed by atoms with Gasteiger partial charge in [0.1, 0.15) is 22.9 Å². The van der Waals surface area contributed by atoms with Crippen molar-refractivity contribution in [1.29, 1.82) is 0 Å². The molecule has 0 fully saturated rings. The predicted octanol–water partition coefficient (Wildman–Crippen LogP) is 3.85. The number of para-hydroxylation sites is 1. The van der Waals surface area contributed by atoms with E-state index < -0.39 is 10.1 Å². The molecular formula is C25H23NO6S. The summed E-state index contributed by atoms with van der Waals surface area (Å²) in [6, 6.07) is 22.2. The maximum atomic E-state index is 10.3. The van der Waals surface area contributed by atoms with Gasteiger partial charge in [-0.3, -0.25) is 0 Å². The van der Waals surface area contributed by atoms with E-state index in [1.807, 2.05) is 30.3 Å². The Morgan fingerprint density at radius 1 is 0.909 bits per heavy atom. The summed E-state index contributed by atoms with van der Waals surface area (Å²) < 4.78 is 38.2. The molecule has 170 valence electrons. The summed E-state index contributed by atoms with van der Waals surface area (Å²) in [5, 5.41) is 19.6. The molecule has 0 saturated carbocycles. The lowest BCUT2D eigenvalue weighted by atomic mass is 10.1. The summed E-state index contributed by atoms with van der Waals surface area (Å²) in [6.45, 7) is 0. The molecule has 4 aromatic rings. The molecule has 4 rings (SSSR count). The molecule has 1 aromatic heterocycles. The molecule has 1 heterocycles. The van der Waals surface area contributed by atoms with Gasteiger partial charge in [0.25, 0.3) is 0 Å². The van der Waals surface area contributed by atoms with Crippen LogP contribution in [-0.4, -0.2) is 30.3 Å². The van der Waals surface area contributed by atoms with Crippen LogP contribution in [0.25, 0.3) is 23.1 Å². The fourth-order valence-electron chi connectivity index (χ4n) is 3.12. The van der Waals surface area contributed by atoms with Crippen LogP contribution in [0.4, 0.5) is 0 Å². The number of nitrogens with zero attached hydrogens (tertiary/aromatic N) is 1. The molecule has 0 aliphatic rings. The lowest BCUT2D eigenvalue weighted by molar-refractivity contribution is -0.646. The van der Waals surface area contributed by atoms with Gasteiger partial charge in [0.15, 0.2) is 11.5 Å². The molecule has 7 nitrogen and oxygen atoms in total. The Kier molecular flexibility index (Phi) is 7.32. The Balaban J connectivity index is 0.000000235. The SMILES string of the molecule is COc1cc(/C=C/c2ccc3ccccc3[n+]2C)ccc1O.O=S(=O)([O-])c1ccc(O)cc1. The van der Waals surface area contributed by atoms with E-state index >= 15 is 0 Å². The maximum Gasteiger partial charge on any atom is 0.212 e. The number of phenolic OH excluding ortho intramolecular Hbond substituents is 2. The normalized spacial score (nSPS) is 11.2. The van der Waals surface area contributed by atoms with E-state index in [1.54, 1.807) is 13.2 Å². The van der Waals surface area contributed by atoms with Gasteiger partial charge in [0, 0.05) is 23.6 Å². The number of hydrogen-bond donors (Lipinski definition) is 2. The summed E-state index contributed by atoms with van der Waals surface area (Å²) in [6.07, 6.45) is 4.06. The van der Waals surface area contributed by atoms with Gasteiger partial charge in [0.2, 0.25) is 11.2 Å². The Morgan fingerprint density at radius 2 is 1.61 bits per heavy atom. The Hall–Kier alpha value is -3.88. The van der Waals surface area contributed by atoms with E-state index in [4.69, 9.17) is 9.84 Å². The van der Waals surface area contributed by atoms with E-state index in [1.165, 1.54) is 10.9 Å². The van der Waals surface area contributed by atoms with Crippen molar-refractivity contribution in [3.05, 3.63) is 90.1 Å². The molecule has 0 radical (unpaired) electrons. The number of ether oxygens (including phenoxy) is 1. The van der Waals surface area contributed by atoms with Crippen LogP contribution < -0.4 is 9.30 Å².